The summed E-state index contributed by atoms with van der Waals surface area (Å²) in [5.41, 5.74) is 0.228. The largest absolute Gasteiger partial charge is 0.461 e. The van der Waals surface area contributed by atoms with Crippen LogP contribution in [0.2, 0.25) is 0 Å². The van der Waals surface area contributed by atoms with Crippen molar-refractivity contribution in [2.45, 2.75) is 25.7 Å². The molecular formula is C15H15F2NO2. The number of ether oxygens (including phenoxy) is 1. The summed E-state index contributed by atoms with van der Waals surface area (Å²) in [7, 11) is 0. The van der Waals surface area contributed by atoms with E-state index in [0.29, 0.717) is 17.3 Å². The number of nitrogens with zero attached hydrogens (tertiary/aromatic N) is 1. The summed E-state index contributed by atoms with van der Waals surface area (Å²) >= 11 is 0. The van der Waals surface area contributed by atoms with E-state index in [9.17, 15) is 13.6 Å². The fraction of sp³-hybridized carbons (Fsp3) is 0.333. The second-order valence-corrected chi connectivity index (χ2v) is 4.47. The normalized spacial score (nSPS) is 11.6. The fourth-order valence-electron chi connectivity index (χ4n) is 1.79. The highest BCUT2D eigenvalue weighted by molar-refractivity contribution is 5.84. The summed E-state index contributed by atoms with van der Waals surface area (Å²) in [5, 5.41) is 0.561. The molecule has 0 radical (unpaired) electrons. The Kier molecular flexibility index (Phi) is 4.27. The second-order valence-electron chi connectivity index (χ2n) is 4.47. The first-order valence-corrected chi connectivity index (χ1v) is 6.46. The molecule has 106 valence electrons. The summed E-state index contributed by atoms with van der Waals surface area (Å²) in [4.78, 5) is 15.5. The van der Waals surface area contributed by atoms with Gasteiger partial charge in [-0.25, -0.2) is 4.79 Å². The fourth-order valence-corrected chi connectivity index (χ4v) is 1.79. The van der Waals surface area contributed by atoms with Gasteiger partial charge in [0.25, 0.3) is 0 Å². The monoisotopic (exact) mass is 279 g/mol. The van der Waals surface area contributed by atoms with Gasteiger partial charge in [-0.15, -0.1) is 0 Å². The molecule has 1 heterocycles. The maximum absolute atomic E-state index is 14.0. The van der Waals surface area contributed by atoms with Gasteiger partial charge < -0.3 is 4.74 Å². The molecule has 0 saturated carbocycles. The molecule has 0 aliphatic rings. The van der Waals surface area contributed by atoms with E-state index >= 15 is 0 Å². The molecule has 0 aliphatic carbocycles. The van der Waals surface area contributed by atoms with E-state index in [1.807, 2.05) is 6.92 Å². The number of alkyl halides is 2. The SMILES string of the molecule is CCCCOC(=O)C(F)(F)c1ccc2ncccc2c1. The number of carbonyl (C=O) groups is 1. The molecule has 1 aromatic carbocycles. The molecule has 3 nitrogen and oxygen atoms in total. The number of benzene rings is 1. The minimum atomic E-state index is -3.64. The highest BCUT2D eigenvalue weighted by atomic mass is 19.3. The van der Waals surface area contributed by atoms with Crippen LogP contribution < -0.4 is 0 Å². The van der Waals surface area contributed by atoms with E-state index in [1.54, 1.807) is 18.3 Å². The number of pyridine rings is 1. The minimum absolute atomic E-state index is 0.0139. The average Bonchev–Trinajstić information content (AvgIpc) is 2.46. The maximum atomic E-state index is 14.0. The van der Waals surface area contributed by atoms with Crippen molar-refractivity contribution in [3.05, 3.63) is 42.1 Å². The molecule has 0 amide bonds. The molecule has 0 bridgehead atoms. The van der Waals surface area contributed by atoms with Crippen LogP contribution >= 0.6 is 0 Å². The Bertz CT molecular complexity index is 614. The molecule has 2 rings (SSSR count). The average molecular weight is 279 g/mol. The third-order valence-corrected chi connectivity index (χ3v) is 2.95. The predicted molar refractivity (Wildman–Crippen MR) is 71.5 cm³/mol. The number of unbranched alkanes of at least 4 members (excludes halogenated alkanes) is 1. The van der Waals surface area contributed by atoms with Crippen LogP contribution in [-0.2, 0) is 15.5 Å². The van der Waals surface area contributed by atoms with Gasteiger partial charge in [-0.2, -0.15) is 8.78 Å². The van der Waals surface area contributed by atoms with Crippen molar-refractivity contribution >= 4 is 16.9 Å². The number of rotatable bonds is 5. The van der Waals surface area contributed by atoms with Crippen molar-refractivity contribution in [1.29, 1.82) is 0 Å². The summed E-state index contributed by atoms with van der Waals surface area (Å²) in [5.74, 6) is -5.15. The van der Waals surface area contributed by atoms with Crippen LogP contribution in [0.1, 0.15) is 25.3 Å². The Labute approximate surface area is 115 Å². The van der Waals surface area contributed by atoms with Crippen molar-refractivity contribution in [3.8, 4) is 0 Å². The van der Waals surface area contributed by atoms with Crippen LogP contribution in [0.5, 0.6) is 0 Å². The van der Waals surface area contributed by atoms with Gasteiger partial charge in [0, 0.05) is 17.1 Å². The number of halogens is 2. The van der Waals surface area contributed by atoms with E-state index in [4.69, 9.17) is 0 Å². The Morgan fingerprint density at radius 1 is 1.35 bits per heavy atom. The Hall–Kier alpha value is -2.04. The van der Waals surface area contributed by atoms with Crippen molar-refractivity contribution in [1.82, 2.24) is 4.98 Å². The lowest BCUT2D eigenvalue weighted by Crippen LogP contribution is -2.28. The van der Waals surface area contributed by atoms with E-state index in [1.165, 1.54) is 18.2 Å². The molecule has 0 saturated heterocycles. The van der Waals surface area contributed by atoms with Gasteiger partial charge in [-0.1, -0.05) is 25.5 Å². The van der Waals surface area contributed by atoms with E-state index < -0.39 is 11.9 Å². The first kappa shape index (κ1) is 14.4. The number of hydrogen-bond donors (Lipinski definition) is 0. The molecule has 0 N–H and O–H groups in total. The molecular weight excluding hydrogens is 264 g/mol. The lowest BCUT2D eigenvalue weighted by Gasteiger charge is -2.15. The molecule has 5 heteroatoms. The van der Waals surface area contributed by atoms with Crippen LogP contribution in [-0.4, -0.2) is 17.6 Å². The molecule has 1 aromatic heterocycles. The maximum Gasteiger partial charge on any atom is 0.381 e. The van der Waals surface area contributed by atoms with Crippen LogP contribution in [0.4, 0.5) is 8.78 Å². The summed E-state index contributed by atoms with van der Waals surface area (Å²) in [6, 6.07) is 7.27. The van der Waals surface area contributed by atoms with Crippen LogP contribution in [0.25, 0.3) is 10.9 Å². The van der Waals surface area contributed by atoms with Crippen LogP contribution in [0, 0.1) is 0 Å². The van der Waals surface area contributed by atoms with Gasteiger partial charge in [0.05, 0.1) is 12.1 Å². The van der Waals surface area contributed by atoms with Crippen molar-refractivity contribution < 1.29 is 18.3 Å². The molecule has 2 aromatic rings. The zero-order valence-corrected chi connectivity index (χ0v) is 11.1. The van der Waals surface area contributed by atoms with E-state index in [-0.39, 0.29) is 12.2 Å². The number of hydrogen-bond acceptors (Lipinski definition) is 3. The van der Waals surface area contributed by atoms with Crippen LogP contribution in [0.3, 0.4) is 0 Å². The smallest absolute Gasteiger partial charge is 0.381 e. The van der Waals surface area contributed by atoms with Crippen molar-refractivity contribution in [2.75, 3.05) is 6.61 Å². The Morgan fingerprint density at radius 2 is 2.15 bits per heavy atom. The lowest BCUT2D eigenvalue weighted by molar-refractivity contribution is -0.173. The van der Waals surface area contributed by atoms with Gasteiger partial charge in [-0.3, -0.25) is 4.98 Å². The van der Waals surface area contributed by atoms with Gasteiger partial charge in [0.15, 0.2) is 0 Å². The first-order chi connectivity index (χ1) is 9.55. The summed E-state index contributed by atoms with van der Waals surface area (Å²) in [6.45, 7) is 1.91. The molecule has 0 atom stereocenters. The minimum Gasteiger partial charge on any atom is -0.461 e. The standard InChI is InChI=1S/C15H15F2NO2/c1-2-3-9-20-14(19)15(16,17)12-6-7-13-11(10-12)5-4-8-18-13/h4-8,10H,2-3,9H2,1H3. The predicted octanol–water partition coefficient (Wildman–Crippen LogP) is 3.67. The molecule has 0 aliphatic heterocycles. The third kappa shape index (κ3) is 2.92. The molecule has 20 heavy (non-hydrogen) atoms. The van der Waals surface area contributed by atoms with Gasteiger partial charge in [-0.05, 0) is 24.6 Å². The lowest BCUT2D eigenvalue weighted by atomic mass is 10.1. The second kappa shape index (κ2) is 5.94. The van der Waals surface area contributed by atoms with Crippen LogP contribution in [0.15, 0.2) is 36.5 Å². The zero-order valence-electron chi connectivity index (χ0n) is 11.1. The third-order valence-electron chi connectivity index (χ3n) is 2.95. The number of esters is 1. The van der Waals surface area contributed by atoms with Gasteiger partial charge >= 0.3 is 11.9 Å². The summed E-state index contributed by atoms with van der Waals surface area (Å²) in [6.07, 6.45) is 2.93. The number of carbonyl (C=O) groups excluding carboxylic acids is 1. The first-order valence-electron chi connectivity index (χ1n) is 6.46. The highest BCUT2D eigenvalue weighted by Gasteiger charge is 2.42. The highest BCUT2D eigenvalue weighted by Crippen LogP contribution is 2.31. The van der Waals surface area contributed by atoms with E-state index in [0.717, 1.165) is 6.42 Å². The summed E-state index contributed by atoms with van der Waals surface area (Å²) < 4.78 is 32.6. The zero-order chi connectivity index (χ0) is 14.6. The van der Waals surface area contributed by atoms with E-state index in [2.05, 4.69) is 9.72 Å². The number of fused-ring (bicyclic) bond motifs is 1. The van der Waals surface area contributed by atoms with Crippen molar-refractivity contribution in [3.63, 3.8) is 0 Å². The Morgan fingerprint density at radius 3 is 2.90 bits per heavy atom. The Balaban J connectivity index is 2.24. The van der Waals surface area contributed by atoms with Crippen molar-refractivity contribution in [2.24, 2.45) is 0 Å². The van der Waals surface area contributed by atoms with Gasteiger partial charge in [0.1, 0.15) is 0 Å². The van der Waals surface area contributed by atoms with Gasteiger partial charge in [0.2, 0.25) is 0 Å². The molecule has 0 spiro atoms. The molecule has 0 unspecified atom stereocenters. The quantitative estimate of drug-likeness (QED) is 0.619. The number of aromatic nitrogens is 1. The topological polar surface area (TPSA) is 39.2 Å². The molecule has 0 fully saturated rings.